The summed E-state index contributed by atoms with van der Waals surface area (Å²) < 4.78 is 24.1. The van der Waals surface area contributed by atoms with Gasteiger partial charge in [-0.05, 0) is 62.3 Å². The lowest BCUT2D eigenvalue weighted by atomic mass is 9.97. The summed E-state index contributed by atoms with van der Waals surface area (Å²) in [5.41, 5.74) is -4.03. The molecule has 0 aromatic carbocycles. The summed E-state index contributed by atoms with van der Waals surface area (Å²) in [5, 5.41) is 18.8. The Kier molecular flexibility index (Phi) is 8.51. The van der Waals surface area contributed by atoms with Gasteiger partial charge in [0.05, 0.1) is 31.6 Å². The second-order valence-electron chi connectivity index (χ2n) is 12.9. The lowest BCUT2D eigenvalue weighted by molar-refractivity contribution is -0.148. The quantitative estimate of drug-likeness (QED) is 0.392. The van der Waals surface area contributed by atoms with E-state index in [9.17, 15) is 19.2 Å². The van der Waals surface area contributed by atoms with Crippen LogP contribution in [0.1, 0.15) is 108 Å². The van der Waals surface area contributed by atoms with Gasteiger partial charge in [0.15, 0.2) is 11.4 Å². The standard InChI is InChI=1S/C26H39N7O8/c1-23(2,3)39-19(34)15-13-32(30-28-15)17-11-26(21(36)38-10,27-22(37)41-25(7,8)9)12-18(17)33-14-16(29-31-33)20(35)40-24(4,5)6/h13-14,17-18H,11-12H2,1-10H3,(H,27,37)/t17-,18-/m1/s1. The first-order chi connectivity index (χ1) is 18.7. The van der Waals surface area contributed by atoms with Crippen molar-refractivity contribution in [2.24, 2.45) is 0 Å². The molecular formula is C26H39N7O8. The van der Waals surface area contributed by atoms with Crippen LogP contribution in [0.25, 0.3) is 0 Å². The molecule has 15 nitrogen and oxygen atoms in total. The topological polar surface area (TPSA) is 179 Å². The van der Waals surface area contributed by atoms with Crippen molar-refractivity contribution < 1.29 is 38.1 Å². The van der Waals surface area contributed by atoms with Gasteiger partial charge in [-0.15, -0.1) is 10.2 Å². The number of hydrogen-bond donors (Lipinski definition) is 1. The van der Waals surface area contributed by atoms with Crippen LogP contribution in [0.4, 0.5) is 4.79 Å². The fraction of sp³-hybridized carbons (Fsp3) is 0.692. The Morgan fingerprint density at radius 2 is 1.15 bits per heavy atom. The van der Waals surface area contributed by atoms with Crippen LogP contribution >= 0.6 is 0 Å². The molecule has 1 aliphatic carbocycles. The third-order valence-electron chi connectivity index (χ3n) is 5.79. The summed E-state index contributed by atoms with van der Waals surface area (Å²) in [7, 11) is 1.20. The van der Waals surface area contributed by atoms with Gasteiger partial charge in [-0.2, -0.15) is 0 Å². The van der Waals surface area contributed by atoms with Crippen molar-refractivity contribution in [3.8, 4) is 0 Å². The third kappa shape index (κ3) is 8.01. The minimum atomic E-state index is -1.58. The first-order valence-electron chi connectivity index (χ1n) is 13.1. The molecule has 1 aliphatic rings. The Morgan fingerprint density at radius 3 is 1.49 bits per heavy atom. The number of alkyl carbamates (subject to hydrolysis) is 1. The van der Waals surface area contributed by atoms with Crippen molar-refractivity contribution in [3.05, 3.63) is 23.8 Å². The molecule has 0 unspecified atom stereocenters. The molecule has 2 heterocycles. The molecule has 2 aromatic rings. The molecule has 0 saturated heterocycles. The van der Waals surface area contributed by atoms with Crippen LogP contribution in [0, 0.1) is 0 Å². The summed E-state index contributed by atoms with van der Waals surface area (Å²) in [6.07, 6.45) is 1.87. The predicted octanol–water partition coefficient (Wildman–Crippen LogP) is 2.79. The van der Waals surface area contributed by atoms with E-state index in [0.717, 1.165) is 0 Å². The molecule has 0 bridgehead atoms. The smallest absolute Gasteiger partial charge is 0.408 e. The summed E-state index contributed by atoms with van der Waals surface area (Å²) in [6, 6.07) is -1.41. The molecule has 0 radical (unpaired) electrons. The highest BCUT2D eigenvalue weighted by Gasteiger charge is 2.55. The highest BCUT2D eigenvalue weighted by Crippen LogP contribution is 2.46. The van der Waals surface area contributed by atoms with Crippen molar-refractivity contribution in [1.82, 2.24) is 35.3 Å². The van der Waals surface area contributed by atoms with Gasteiger partial charge in [0.1, 0.15) is 22.3 Å². The van der Waals surface area contributed by atoms with Crippen molar-refractivity contribution >= 4 is 24.0 Å². The first kappa shape index (κ1) is 31.5. The molecule has 1 N–H and O–H groups in total. The SMILES string of the molecule is COC(=O)C1(NC(=O)OC(C)(C)C)C[C@@H](n2cc(C(=O)OC(C)(C)C)nn2)[C@H](n2cc(C(=O)OC(C)(C)C)nn2)C1. The van der Waals surface area contributed by atoms with E-state index in [1.165, 1.54) is 28.9 Å². The second-order valence-corrected chi connectivity index (χ2v) is 12.9. The average Bonchev–Trinajstić information content (AvgIpc) is 3.53. The first-order valence-corrected chi connectivity index (χ1v) is 13.1. The van der Waals surface area contributed by atoms with Gasteiger partial charge in [0, 0.05) is 12.8 Å². The van der Waals surface area contributed by atoms with Crippen LogP contribution in [0.15, 0.2) is 12.4 Å². The predicted molar refractivity (Wildman–Crippen MR) is 142 cm³/mol. The van der Waals surface area contributed by atoms with Gasteiger partial charge in [-0.1, -0.05) is 10.4 Å². The van der Waals surface area contributed by atoms with Crippen LogP contribution < -0.4 is 5.32 Å². The maximum absolute atomic E-state index is 13.2. The molecule has 2 aromatic heterocycles. The van der Waals surface area contributed by atoms with Crippen molar-refractivity contribution in [1.29, 1.82) is 0 Å². The van der Waals surface area contributed by atoms with Crippen LogP contribution in [0.5, 0.6) is 0 Å². The van der Waals surface area contributed by atoms with E-state index < -0.39 is 58.4 Å². The lowest BCUT2D eigenvalue weighted by Crippen LogP contribution is -2.54. The minimum absolute atomic E-state index is 0.0394. The summed E-state index contributed by atoms with van der Waals surface area (Å²) >= 11 is 0. The van der Waals surface area contributed by atoms with Gasteiger partial charge in [0.25, 0.3) is 0 Å². The Hall–Kier alpha value is -4.04. The van der Waals surface area contributed by atoms with E-state index in [1.807, 2.05) is 0 Å². The minimum Gasteiger partial charge on any atom is -0.467 e. The van der Waals surface area contributed by atoms with E-state index in [-0.39, 0.29) is 24.2 Å². The van der Waals surface area contributed by atoms with E-state index >= 15 is 0 Å². The maximum atomic E-state index is 13.2. The molecular weight excluding hydrogens is 538 g/mol. The second kappa shape index (κ2) is 11.1. The van der Waals surface area contributed by atoms with E-state index in [2.05, 4.69) is 25.9 Å². The van der Waals surface area contributed by atoms with Gasteiger partial charge in [0.2, 0.25) is 0 Å². The number of amides is 1. The molecule has 3 rings (SSSR count). The highest BCUT2D eigenvalue weighted by molar-refractivity contribution is 5.88. The number of esters is 3. The number of nitrogens with one attached hydrogen (secondary N) is 1. The van der Waals surface area contributed by atoms with E-state index in [0.29, 0.717) is 0 Å². The molecule has 15 heteroatoms. The van der Waals surface area contributed by atoms with Crippen LogP contribution in [-0.4, -0.2) is 83.4 Å². The number of carbonyl (C=O) groups is 4. The van der Waals surface area contributed by atoms with Gasteiger partial charge < -0.3 is 24.3 Å². The third-order valence-corrected chi connectivity index (χ3v) is 5.79. The molecule has 0 spiro atoms. The molecule has 1 amide bonds. The van der Waals surface area contributed by atoms with Crippen molar-refractivity contribution in [3.63, 3.8) is 0 Å². The number of aromatic nitrogens is 6. The summed E-state index contributed by atoms with van der Waals surface area (Å²) in [4.78, 5) is 51.3. The Labute approximate surface area is 238 Å². The zero-order valence-corrected chi connectivity index (χ0v) is 25.2. The van der Waals surface area contributed by atoms with Crippen LogP contribution in [0.3, 0.4) is 0 Å². The largest absolute Gasteiger partial charge is 0.467 e. The van der Waals surface area contributed by atoms with Gasteiger partial charge in [-0.25, -0.2) is 28.5 Å². The zero-order chi connectivity index (χ0) is 31.0. The van der Waals surface area contributed by atoms with Crippen LogP contribution in [0.2, 0.25) is 0 Å². The number of ether oxygens (including phenoxy) is 4. The number of nitrogens with zero attached hydrogens (tertiary/aromatic N) is 6. The summed E-state index contributed by atoms with van der Waals surface area (Å²) in [5.74, 6) is -2.09. The Bertz CT molecular complexity index is 1220. The Balaban J connectivity index is 2.03. The van der Waals surface area contributed by atoms with Crippen molar-refractivity contribution in [2.45, 2.75) is 110 Å². The number of rotatable bonds is 6. The van der Waals surface area contributed by atoms with E-state index in [1.54, 1.807) is 62.3 Å². The molecule has 1 fully saturated rings. The van der Waals surface area contributed by atoms with E-state index in [4.69, 9.17) is 18.9 Å². The maximum Gasteiger partial charge on any atom is 0.408 e. The number of carbonyl (C=O) groups excluding carboxylic acids is 4. The molecule has 2 atom stereocenters. The molecule has 226 valence electrons. The number of methoxy groups -OCH3 is 1. The molecule has 41 heavy (non-hydrogen) atoms. The molecule has 1 saturated carbocycles. The fourth-order valence-electron chi connectivity index (χ4n) is 4.35. The zero-order valence-electron chi connectivity index (χ0n) is 25.2. The fourth-order valence-corrected chi connectivity index (χ4v) is 4.35. The molecule has 0 aliphatic heterocycles. The summed E-state index contributed by atoms with van der Waals surface area (Å²) in [6.45, 7) is 15.4. The van der Waals surface area contributed by atoms with Gasteiger partial charge in [-0.3, -0.25) is 0 Å². The van der Waals surface area contributed by atoms with Crippen LogP contribution in [-0.2, 0) is 23.7 Å². The van der Waals surface area contributed by atoms with Gasteiger partial charge >= 0.3 is 24.0 Å². The average molecular weight is 578 g/mol. The number of hydrogen-bond acceptors (Lipinski definition) is 12. The monoisotopic (exact) mass is 577 g/mol. The normalized spacial score (nSPS) is 18.9. The lowest BCUT2D eigenvalue weighted by Gasteiger charge is -2.29. The highest BCUT2D eigenvalue weighted by atomic mass is 16.6. The Morgan fingerprint density at radius 1 is 0.756 bits per heavy atom. The van der Waals surface area contributed by atoms with Crippen molar-refractivity contribution in [2.75, 3.05) is 7.11 Å².